The Morgan fingerprint density at radius 3 is 3.00 bits per heavy atom. The minimum atomic E-state index is -0.303. The lowest BCUT2D eigenvalue weighted by Crippen LogP contribution is -2.38. The lowest BCUT2D eigenvalue weighted by Gasteiger charge is -2.14. The molecule has 5 nitrogen and oxygen atoms in total. The van der Waals surface area contributed by atoms with Gasteiger partial charge in [-0.25, -0.2) is 0 Å². The second-order valence-corrected chi connectivity index (χ2v) is 3.68. The standard InChI is InChI=1S/C10H19NO4/c1-8-2-5-15-9(8)10(13)11-3-6-14-7-4-12/h8-9,12H,2-7H2,1H3,(H,11,13). The van der Waals surface area contributed by atoms with Gasteiger partial charge in [-0.1, -0.05) is 6.92 Å². The zero-order valence-electron chi connectivity index (χ0n) is 9.07. The van der Waals surface area contributed by atoms with Crippen LogP contribution in [0.25, 0.3) is 0 Å². The molecule has 2 unspecified atom stereocenters. The van der Waals surface area contributed by atoms with Gasteiger partial charge in [-0.3, -0.25) is 4.79 Å². The predicted octanol–water partition coefficient (Wildman–Crippen LogP) is -0.463. The number of aliphatic hydroxyl groups is 1. The second kappa shape index (κ2) is 6.76. The number of hydrogen-bond donors (Lipinski definition) is 2. The van der Waals surface area contributed by atoms with Crippen molar-refractivity contribution in [1.29, 1.82) is 0 Å². The highest BCUT2D eigenvalue weighted by atomic mass is 16.5. The summed E-state index contributed by atoms with van der Waals surface area (Å²) in [7, 11) is 0. The van der Waals surface area contributed by atoms with Gasteiger partial charge in [0.25, 0.3) is 0 Å². The number of rotatable bonds is 6. The van der Waals surface area contributed by atoms with E-state index >= 15 is 0 Å². The molecule has 0 bridgehead atoms. The number of hydrogen-bond acceptors (Lipinski definition) is 4. The van der Waals surface area contributed by atoms with E-state index in [-0.39, 0.29) is 18.6 Å². The highest BCUT2D eigenvalue weighted by Crippen LogP contribution is 2.19. The van der Waals surface area contributed by atoms with Crippen LogP contribution >= 0.6 is 0 Å². The molecule has 1 saturated heterocycles. The third-order valence-corrected chi connectivity index (χ3v) is 2.43. The van der Waals surface area contributed by atoms with Crippen molar-refractivity contribution in [1.82, 2.24) is 5.32 Å². The molecule has 2 atom stereocenters. The average molecular weight is 217 g/mol. The molecule has 1 aliphatic heterocycles. The number of aliphatic hydroxyl groups excluding tert-OH is 1. The van der Waals surface area contributed by atoms with Gasteiger partial charge in [0.2, 0.25) is 5.91 Å². The van der Waals surface area contributed by atoms with E-state index < -0.39 is 0 Å². The number of amides is 1. The average Bonchev–Trinajstić information content (AvgIpc) is 2.64. The van der Waals surface area contributed by atoms with E-state index in [0.717, 1.165) is 6.42 Å². The van der Waals surface area contributed by atoms with E-state index in [0.29, 0.717) is 32.3 Å². The van der Waals surface area contributed by atoms with Crippen molar-refractivity contribution >= 4 is 5.91 Å². The fourth-order valence-corrected chi connectivity index (χ4v) is 1.54. The van der Waals surface area contributed by atoms with Crippen LogP contribution in [0.3, 0.4) is 0 Å². The van der Waals surface area contributed by atoms with Crippen LogP contribution in [-0.4, -0.2) is 50.1 Å². The van der Waals surface area contributed by atoms with Gasteiger partial charge in [0, 0.05) is 13.2 Å². The predicted molar refractivity (Wildman–Crippen MR) is 54.4 cm³/mol. The Balaban J connectivity index is 2.08. The van der Waals surface area contributed by atoms with Crippen LogP contribution in [0, 0.1) is 5.92 Å². The zero-order chi connectivity index (χ0) is 11.1. The van der Waals surface area contributed by atoms with Crippen LogP contribution in [0.15, 0.2) is 0 Å². The summed E-state index contributed by atoms with van der Waals surface area (Å²) in [6.07, 6.45) is 0.641. The first-order valence-corrected chi connectivity index (χ1v) is 5.33. The highest BCUT2D eigenvalue weighted by Gasteiger charge is 2.30. The molecule has 1 fully saturated rings. The van der Waals surface area contributed by atoms with Gasteiger partial charge in [-0.2, -0.15) is 0 Å². The number of carbonyl (C=O) groups excluding carboxylic acids is 1. The summed E-state index contributed by atoms with van der Waals surface area (Å²) in [6.45, 7) is 3.89. The molecule has 88 valence electrons. The molecule has 0 aromatic heterocycles. The Morgan fingerprint density at radius 1 is 1.60 bits per heavy atom. The second-order valence-electron chi connectivity index (χ2n) is 3.68. The van der Waals surface area contributed by atoms with Crippen molar-refractivity contribution in [2.24, 2.45) is 5.92 Å². The lowest BCUT2D eigenvalue weighted by molar-refractivity contribution is -0.131. The van der Waals surface area contributed by atoms with E-state index in [1.165, 1.54) is 0 Å². The zero-order valence-corrected chi connectivity index (χ0v) is 9.07. The fourth-order valence-electron chi connectivity index (χ4n) is 1.54. The van der Waals surface area contributed by atoms with Gasteiger partial charge in [0.05, 0.1) is 19.8 Å². The Hall–Kier alpha value is -0.650. The van der Waals surface area contributed by atoms with Crippen LogP contribution in [0.5, 0.6) is 0 Å². The van der Waals surface area contributed by atoms with Crippen LogP contribution in [0.4, 0.5) is 0 Å². The molecule has 0 spiro atoms. The third kappa shape index (κ3) is 4.15. The van der Waals surface area contributed by atoms with Crippen molar-refractivity contribution in [3.05, 3.63) is 0 Å². The first-order chi connectivity index (χ1) is 7.25. The topological polar surface area (TPSA) is 67.8 Å². The number of carbonyl (C=O) groups is 1. The van der Waals surface area contributed by atoms with Crippen LogP contribution < -0.4 is 5.32 Å². The van der Waals surface area contributed by atoms with Crippen LogP contribution in [0.2, 0.25) is 0 Å². The van der Waals surface area contributed by atoms with Gasteiger partial charge in [0.1, 0.15) is 6.10 Å². The monoisotopic (exact) mass is 217 g/mol. The van der Waals surface area contributed by atoms with Crippen molar-refractivity contribution < 1.29 is 19.4 Å². The largest absolute Gasteiger partial charge is 0.394 e. The van der Waals surface area contributed by atoms with Crippen molar-refractivity contribution in [3.63, 3.8) is 0 Å². The molecule has 15 heavy (non-hydrogen) atoms. The molecular weight excluding hydrogens is 198 g/mol. The van der Waals surface area contributed by atoms with Gasteiger partial charge in [-0.05, 0) is 12.3 Å². The molecule has 2 N–H and O–H groups in total. The summed E-state index contributed by atoms with van der Waals surface area (Å²) in [5, 5.41) is 11.2. The summed E-state index contributed by atoms with van der Waals surface area (Å²) >= 11 is 0. The van der Waals surface area contributed by atoms with Gasteiger partial charge >= 0.3 is 0 Å². The summed E-state index contributed by atoms with van der Waals surface area (Å²) in [5.74, 6) is 0.232. The molecule has 1 amide bonds. The summed E-state index contributed by atoms with van der Waals surface area (Å²) in [6, 6.07) is 0. The molecule has 0 saturated carbocycles. The van der Waals surface area contributed by atoms with E-state index in [4.69, 9.17) is 14.6 Å². The van der Waals surface area contributed by atoms with Crippen LogP contribution in [-0.2, 0) is 14.3 Å². The van der Waals surface area contributed by atoms with Crippen molar-refractivity contribution in [2.75, 3.05) is 33.0 Å². The van der Waals surface area contributed by atoms with E-state index in [1.807, 2.05) is 6.92 Å². The molecule has 1 rings (SSSR count). The molecule has 1 aliphatic rings. The third-order valence-electron chi connectivity index (χ3n) is 2.43. The Bertz CT molecular complexity index is 198. The molecule has 1 heterocycles. The molecule has 0 aromatic carbocycles. The van der Waals surface area contributed by atoms with E-state index in [9.17, 15) is 4.79 Å². The van der Waals surface area contributed by atoms with Gasteiger partial charge in [-0.15, -0.1) is 0 Å². The van der Waals surface area contributed by atoms with E-state index in [2.05, 4.69) is 5.32 Å². The minimum absolute atomic E-state index is 0.0106. The van der Waals surface area contributed by atoms with Gasteiger partial charge < -0.3 is 19.9 Å². The Labute approximate surface area is 89.8 Å². The number of nitrogens with one attached hydrogen (secondary N) is 1. The molecular formula is C10H19NO4. The molecule has 5 heteroatoms. The van der Waals surface area contributed by atoms with Gasteiger partial charge in [0.15, 0.2) is 0 Å². The normalized spacial score (nSPS) is 25.5. The van der Waals surface area contributed by atoms with E-state index in [1.54, 1.807) is 0 Å². The Morgan fingerprint density at radius 2 is 2.40 bits per heavy atom. The molecule has 0 radical (unpaired) electrons. The SMILES string of the molecule is CC1CCOC1C(=O)NCCOCCO. The quantitative estimate of drug-likeness (QED) is 0.591. The summed E-state index contributed by atoms with van der Waals surface area (Å²) in [4.78, 5) is 11.5. The molecule has 0 aromatic rings. The number of ether oxygens (including phenoxy) is 2. The Kier molecular flexibility index (Phi) is 5.60. The van der Waals surface area contributed by atoms with Crippen molar-refractivity contribution in [2.45, 2.75) is 19.4 Å². The maximum atomic E-state index is 11.5. The fraction of sp³-hybridized carbons (Fsp3) is 0.900. The molecule has 0 aliphatic carbocycles. The first-order valence-electron chi connectivity index (χ1n) is 5.33. The maximum absolute atomic E-state index is 11.5. The smallest absolute Gasteiger partial charge is 0.249 e. The summed E-state index contributed by atoms with van der Waals surface area (Å²) in [5.41, 5.74) is 0. The first kappa shape index (κ1) is 12.4. The minimum Gasteiger partial charge on any atom is -0.394 e. The highest BCUT2D eigenvalue weighted by molar-refractivity contribution is 5.81. The maximum Gasteiger partial charge on any atom is 0.249 e. The van der Waals surface area contributed by atoms with Crippen LogP contribution in [0.1, 0.15) is 13.3 Å². The summed E-state index contributed by atoms with van der Waals surface area (Å²) < 4.78 is 10.3. The lowest BCUT2D eigenvalue weighted by atomic mass is 10.0. The van der Waals surface area contributed by atoms with Crippen molar-refractivity contribution in [3.8, 4) is 0 Å².